The summed E-state index contributed by atoms with van der Waals surface area (Å²) in [6, 6.07) is 56.0. The van der Waals surface area contributed by atoms with Crippen molar-refractivity contribution in [2.24, 2.45) is 23.2 Å². The zero-order chi connectivity index (χ0) is 32.2. The zero-order valence-corrected chi connectivity index (χ0v) is 28.3. The van der Waals surface area contributed by atoms with Gasteiger partial charge in [-0.1, -0.05) is 72.8 Å². The van der Waals surface area contributed by atoms with Crippen LogP contribution < -0.4 is 9.80 Å². The number of rotatable bonds is 7. The molecule has 1 heterocycles. The third-order valence-corrected chi connectivity index (χ3v) is 14.2. The predicted molar refractivity (Wildman–Crippen MR) is 206 cm³/mol. The van der Waals surface area contributed by atoms with Crippen molar-refractivity contribution in [2.45, 2.75) is 37.5 Å². The lowest BCUT2D eigenvalue weighted by Gasteiger charge is -2.75. The first-order chi connectivity index (χ1) is 24.2. The number of para-hydroxylation sites is 3. The molecule has 2 nitrogen and oxygen atoms in total. The van der Waals surface area contributed by atoms with Crippen molar-refractivity contribution in [3.05, 3.63) is 157 Å². The summed E-state index contributed by atoms with van der Waals surface area (Å²) in [7, 11) is 0. The van der Waals surface area contributed by atoms with Gasteiger partial charge >= 0.3 is 0 Å². The molecule has 4 saturated carbocycles. The summed E-state index contributed by atoms with van der Waals surface area (Å²) in [6.45, 7) is 0. The molecule has 2 unspecified atom stereocenters. The first-order valence-corrected chi connectivity index (χ1v) is 18.8. The summed E-state index contributed by atoms with van der Waals surface area (Å²) in [5.41, 5.74) is 9.83. The smallest absolute Gasteiger partial charge is 0.0476 e. The van der Waals surface area contributed by atoms with Gasteiger partial charge in [0.2, 0.25) is 0 Å². The fourth-order valence-electron chi connectivity index (χ4n) is 11.3. The van der Waals surface area contributed by atoms with Crippen LogP contribution in [0.25, 0.3) is 20.2 Å². The average molecular weight is 651 g/mol. The van der Waals surface area contributed by atoms with Crippen LogP contribution in [0, 0.1) is 23.2 Å². The second-order valence-corrected chi connectivity index (χ2v) is 16.2. The SMILES string of the molecule is c1ccc(N(c2ccc(C34CC5CC6CC(C3)C54C6)cc2)c2ccc3c(c2)sc2ccc(N(c4ccccc4)c4ccccc4)cc23)cc1. The first-order valence-electron chi connectivity index (χ1n) is 18.0. The van der Waals surface area contributed by atoms with E-state index in [2.05, 4.69) is 161 Å². The minimum absolute atomic E-state index is 0.467. The van der Waals surface area contributed by atoms with Crippen LogP contribution in [0.3, 0.4) is 0 Å². The highest BCUT2D eigenvalue weighted by Gasteiger charge is 2.81. The molecule has 0 N–H and O–H groups in total. The van der Waals surface area contributed by atoms with Crippen LogP contribution in [0.4, 0.5) is 34.1 Å². The molecule has 7 aromatic rings. The van der Waals surface area contributed by atoms with E-state index in [1.807, 2.05) is 11.3 Å². The highest BCUT2D eigenvalue weighted by Crippen LogP contribution is 2.86. The summed E-state index contributed by atoms with van der Waals surface area (Å²) in [5, 5.41) is 2.60. The average Bonchev–Trinajstić information content (AvgIpc) is 3.81. The Morgan fingerprint density at radius 1 is 0.449 bits per heavy atom. The number of benzene rings is 6. The highest BCUT2D eigenvalue weighted by molar-refractivity contribution is 7.25. The van der Waals surface area contributed by atoms with Gasteiger partial charge in [-0.25, -0.2) is 0 Å². The van der Waals surface area contributed by atoms with Crippen LogP contribution in [0.15, 0.2) is 152 Å². The van der Waals surface area contributed by atoms with E-state index in [-0.39, 0.29) is 0 Å². The molecule has 2 bridgehead atoms. The molecule has 1 spiro atoms. The van der Waals surface area contributed by atoms with Gasteiger partial charge in [-0.15, -0.1) is 11.3 Å². The van der Waals surface area contributed by atoms with Gasteiger partial charge in [0.15, 0.2) is 0 Å². The molecule has 4 aliphatic carbocycles. The van der Waals surface area contributed by atoms with Crippen molar-refractivity contribution >= 4 is 65.6 Å². The Morgan fingerprint density at radius 2 is 0.959 bits per heavy atom. The van der Waals surface area contributed by atoms with Gasteiger partial charge in [-0.2, -0.15) is 0 Å². The largest absolute Gasteiger partial charge is 0.310 e. The molecule has 4 fully saturated rings. The topological polar surface area (TPSA) is 6.48 Å². The lowest BCUT2D eigenvalue weighted by Crippen LogP contribution is -2.70. The highest BCUT2D eigenvalue weighted by atomic mass is 32.1. The molecule has 6 aromatic carbocycles. The molecule has 2 atom stereocenters. The normalized spacial score (nSPS) is 25.9. The first kappa shape index (κ1) is 28.0. The Bertz CT molecular complexity index is 2290. The maximum atomic E-state index is 2.49. The predicted octanol–water partition coefficient (Wildman–Crippen LogP) is 13.1. The molecule has 238 valence electrons. The van der Waals surface area contributed by atoms with Crippen molar-refractivity contribution in [1.29, 1.82) is 0 Å². The lowest BCUT2D eigenvalue weighted by atomic mass is 9.29. The number of hydrogen-bond donors (Lipinski definition) is 0. The summed E-state index contributed by atoms with van der Waals surface area (Å²) in [5.74, 6) is 3.04. The molecule has 49 heavy (non-hydrogen) atoms. The molecule has 3 heteroatoms. The molecule has 11 rings (SSSR count). The Balaban J connectivity index is 0.978. The number of thiophene rings is 1. The van der Waals surface area contributed by atoms with Gasteiger partial charge in [0.1, 0.15) is 0 Å². The molecule has 0 amide bonds. The third-order valence-electron chi connectivity index (χ3n) is 13.1. The van der Waals surface area contributed by atoms with Gasteiger partial charge in [-0.05, 0) is 140 Å². The van der Waals surface area contributed by atoms with Crippen molar-refractivity contribution in [2.75, 3.05) is 9.80 Å². The van der Waals surface area contributed by atoms with E-state index in [1.165, 1.54) is 75.0 Å². The van der Waals surface area contributed by atoms with E-state index >= 15 is 0 Å². The van der Waals surface area contributed by atoms with Gasteiger partial charge in [-0.3, -0.25) is 0 Å². The number of anilines is 6. The van der Waals surface area contributed by atoms with Crippen LogP contribution >= 0.6 is 11.3 Å². The van der Waals surface area contributed by atoms with Gasteiger partial charge in [0, 0.05) is 59.7 Å². The van der Waals surface area contributed by atoms with Gasteiger partial charge < -0.3 is 9.80 Å². The van der Waals surface area contributed by atoms with Crippen LogP contribution in [0.5, 0.6) is 0 Å². The summed E-state index contributed by atoms with van der Waals surface area (Å²) < 4.78 is 2.62. The van der Waals surface area contributed by atoms with E-state index in [1.54, 1.807) is 5.56 Å². The van der Waals surface area contributed by atoms with Crippen molar-refractivity contribution < 1.29 is 0 Å². The third kappa shape index (κ3) is 3.88. The number of fused-ring (bicyclic) bond motifs is 4. The molecule has 4 aliphatic rings. The summed E-state index contributed by atoms with van der Waals surface area (Å²) in [4.78, 5) is 4.79. The maximum Gasteiger partial charge on any atom is 0.0476 e. The van der Waals surface area contributed by atoms with Crippen molar-refractivity contribution in [3.63, 3.8) is 0 Å². The Hall–Kier alpha value is -4.86. The molecule has 0 aliphatic heterocycles. The number of nitrogens with zero attached hydrogens (tertiary/aromatic N) is 2. The molecule has 0 saturated heterocycles. The molecular formula is C46H38N2S. The van der Waals surface area contributed by atoms with Gasteiger partial charge in [0.05, 0.1) is 0 Å². The summed E-state index contributed by atoms with van der Waals surface area (Å²) in [6.07, 6.45) is 7.39. The van der Waals surface area contributed by atoms with Crippen molar-refractivity contribution in [3.8, 4) is 0 Å². The van der Waals surface area contributed by atoms with Crippen LogP contribution in [-0.2, 0) is 5.41 Å². The Kier molecular flexibility index (Phi) is 5.90. The van der Waals surface area contributed by atoms with E-state index in [0.717, 1.165) is 29.1 Å². The second-order valence-electron chi connectivity index (χ2n) is 15.2. The Labute approximate surface area is 292 Å². The van der Waals surface area contributed by atoms with Crippen LogP contribution in [-0.4, -0.2) is 0 Å². The second kappa shape index (κ2) is 10.3. The number of hydrogen-bond acceptors (Lipinski definition) is 3. The van der Waals surface area contributed by atoms with Crippen LogP contribution in [0.1, 0.15) is 37.7 Å². The van der Waals surface area contributed by atoms with Crippen LogP contribution in [0.2, 0.25) is 0 Å². The lowest BCUT2D eigenvalue weighted by molar-refractivity contribution is -0.205. The molecule has 1 aromatic heterocycles. The summed E-state index contributed by atoms with van der Waals surface area (Å²) >= 11 is 1.89. The minimum Gasteiger partial charge on any atom is -0.310 e. The van der Waals surface area contributed by atoms with E-state index in [0.29, 0.717) is 10.8 Å². The van der Waals surface area contributed by atoms with Gasteiger partial charge in [0.25, 0.3) is 0 Å². The molecule has 0 radical (unpaired) electrons. The fourth-order valence-corrected chi connectivity index (χ4v) is 12.4. The zero-order valence-electron chi connectivity index (χ0n) is 27.5. The Morgan fingerprint density at radius 3 is 1.53 bits per heavy atom. The minimum atomic E-state index is 0.467. The van der Waals surface area contributed by atoms with E-state index in [9.17, 15) is 0 Å². The standard InChI is InChI=1S/C46H38N2S/c1-4-10-35(11-5-1)47(36-12-6-2-7-13-36)39-21-23-43-42(26-39)41-22-20-40(27-44(41)49-43)48(37-14-8-3-9-15-37)38-18-16-32(17-19-38)45-29-33-24-31-25-34(30-45)46(33,45)28-31/h1-23,26-27,31,33-34H,24-25,28-30H2. The van der Waals surface area contributed by atoms with E-state index in [4.69, 9.17) is 0 Å². The maximum absolute atomic E-state index is 2.49. The monoisotopic (exact) mass is 650 g/mol. The molecular weight excluding hydrogens is 613 g/mol. The fraction of sp³-hybridized carbons (Fsp3) is 0.217. The quantitative estimate of drug-likeness (QED) is 0.169. The van der Waals surface area contributed by atoms with E-state index < -0.39 is 0 Å². The van der Waals surface area contributed by atoms with Crippen molar-refractivity contribution in [1.82, 2.24) is 0 Å².